The molecule has 0 aliphatic heterocycles. The molecule has 2 aromatic rings. The van der Waals surface area contributed by atoms with E-state index in [1.54, 1.807) is 24.3 Å². The summed E-state index contributed by atoms with van der Waals surface area (Å²) in [5.41, 5.74) is 1.52. The highest BCUT2D eigenvalue weighted by atomic mass is 35.5. The van der Waals surface area contributed by atoms with Crippen LogP contribution in [0.15, 0.2) is 36.4 Å². The third-order valence-corrected chi connectivity index (χ3v) is 2.84. The highest BCUT2D eigenvalue weighted by Crippen LogP contribution is 2.32. The Morgan fingerprint density at radius 2 is 1.94 bits per heavy atom. The summed E-state index contributed by atoms with van der Waals surface area (Å²) in [6.07, 6.45) is 0. The first-order valence-electron chi connectivity index (χ1n) is 5.43. The van der Waals surface area contributed by atoms with Crippen molar-refractivity contribution < 1.29 is 14.2 Å². The molecule has 1 N–H and O–H groups in total. The van der Waals surface area contributed by atoms with Crippen LogP contribution in [0.1, 0.15) is 11.1 Å². The van der Waals surface area contributed by atoms with Crippen molar-refractivity contribution in [2.24, 2.45) is 0 Å². The first-order chi connectivity index (χ1) is 8.60. The Balaban J connectivity index is 2.31. The molecule has 0 fully saturated rings. The molecule has 0 aromatic heterocycles. The van der Waals surface area contributed by atoms with Gasteiger partial charge in [-0.15, -0.1) is 0 Å². The number of aliphatic hydroxyl groups excluding tert-OH is 1. The molecule has 2 rings (SSSR count). The summed E-state index contributed by atoms with van der Waals surface area (Å²) in [7, 11) is 0. The average molecular weight is 267 g/mol. The van der Waals surface area contributed by atoms with Gasteiger partial charge in [-0.2, -0.15) is 0 Å². The third kappa shape index (κ3) is 2.81. The van der Waals surface area contributed by atoms with Gasteiger partial charge in [-0.05, 0) is 36.2 Å². The van der Waals surface area contributed by atoms with Crippen LogP contribution in [0.5, 0.6) is 11.5 Å². The molecule has 0 bridgehead atoms. The number of halogens is 2. The van der Waals surface area contributed by atoms with Crippen LogP contribution in [0.3, 0.4) is 0 Å². The smallest absolute Gasteiger partial charge is 0.146 e. The van der Waals surface area contributed by atoms with Crippen molar-refractivity contribution in [1.82, 2.24) is 0 Å². The van der Waals surface area contributed by atoms with E-state index >= 15 is 0 Å². The summed E-state index contributed by atoms with van der Waals surface area (Å²) in [6, 6.07) is 9.30. The molecule has 0 saturated carbocycles. The fourth-order valence-corrected chi connectivity index (χ4v) is 1.77. The summed E-state index contributed by atoms with van der Waals surface area (Å²) >= 11 is 6.02. The Morgan fingerprint density at radius 1 is 1.17 bits per heavy atom. The van der Waals surface area contributed by atoms with Crippen LogP contribution in [0.25, 0.3) is 0 Å². The van der Waals surface area contributed by atoms with Gasteiger partial charge in [0, 0.05) is 6.07 Å². The van der Waals surface area contributed by atoms with Gasteiger partial charge in [0.15, 0.2) is 0 Å². The van der Waals surface area contributed by atoms with Gasteiger partial charge in [-0.1, -0.05) is 23.7 Å². The molecule has 0 spiro atoms. The second kappa shape index (κ2) is 5.38. The van der Waals surface area contributed by atoms with E-state index in [-0.39, 0.29) is 12.4 Å². The zero-order chi connectivity index (χ0) is 13.1. The number of ether oxygens (including phenoxy) is 1. The predicted octanol–water partition coefficient (Wildman–Crippen LogP) is 4.07. The molecule has 2 aromatic carbocycles. The van der Waals surface area contributed by atoms with Crippen LogP contribution in [-0.4, -0.2) is 5.11 Å². The Kier molecular flexibility index (Phi) is 3.84. The normalized spacial score (nSPS) is 10.4. The Labute approximate surface area is 110 Å². The summed E-state index contributed by atoms with van der Waals surface area (Å²) in [4.78, 5) is 0. The zero-order valence-electron chi connectivity index (χ0n) is 9.78. The van der Waals surface area contributed by atoms with E-state index in [4.69, 9.17) is 21.4 Å². The van der Waals surface area contributed by atoms with Gasteiger partial charge in [-0.25, -0.2) is 4.39 Å². The molecule has 0 amide bonds. The predicted molar refractivity (Wildman–Crippen MR) is 68.6 cm³/mol. The van der Waals surface area contributed by atoms with Crippen LogP contribution >= 0.6 is 11.6 Å². The number of hydrogen-bond donors (Lipinski definition) is 1. The van der Waals surface area contributed by atoms with Crippen molar-refractivity contribution >= 4 is 11.6 Å². The van der Waals surface area contributed by atoms with Crippen molar-refractivity contribution in [3.63, 3.8) is 0 Å². The van der Waals surface area contributed by atoms with Gasteiger partial charge in [0.1, 0.15) is 17.3 Å². The van der Waals surface area contributed by atoms with Crippen LogP contribution in [0, 0.1) is 12.7 Å². The first kappa shape index (κ1) is 12.9. The molecule has 2 nitrogen and oxygen atoms in total. The number of rotatable bonds is 3. The maximum Gasteiger partial charge on any atom is 0.146 e. The fourth-order valence-electron chi connectivity index (χ4n) is 1.53. The first-order valence-corrected chi connectivity index (χ1v) is 5.81. The van der Waals surface area contributed by atoms with Gasteiger partial charge in [0.25, 0.3) is 0 Å². The standard InChI is InChI=1S/C14H12ClFO2/c1-9-2-4-11(16)7-14(9)18-13-5-3-10(8-17)6-12(13)15/h2-7,17H,8H2,1H3. The molecule has 0 aliphatic rings. The molecule has 18 heavy (non-hydrogen) atoms. The van der Waals surface area contributed by atoms with Crippen LogP contribution in [0.2, 0.25) is 5.02 Å². The number of hydrogen-bond acceptors (Lipinski definition) is 2. The van der Waals surface area contributed by atoms with Crippen molar-refractivity contribution in [1.29, 1.82) is 0 Å². The molecule has 0 saturated heterocycles. The van der Waals surface area contributed by atoms with Gasteiger partial charge in [0.2, 0.25) is 0 Å². The molecule has 4 heteroatoms. The fraction of sp³-hybridized carbons (Fsp3) is 0.143. The maximum absolute atomic E-state index is 13.1. The second-order valence-electron chi connectivity index (χ2n) is 3.93. The lowest BCUT2D eigenvalue weighted by Crippen LogP contribution is -1.91. The third-order valence-electron chi connectivity index (χ3n) is 2.55. The molecule has 0 atom stereocenters. The Morgan fingerprint density at radius 3 is 2.61 bits per heavy atom. The molecule has 94 valence electrons. The molecule has 0 radical (unpaired) electrons. The summed E-state index contributed by atoms with van der Waals surface area (Å²) in [6.45, 7) is 1.74. The van der Waals surface area contributed by atoms with Crippen molar-refractivity contribution in [3.05, 3.63) is 58.4 Å². The highest BCUT2D eigenvalue weighted by molar-refractivity contribution is 6.32. The minimum Gasteiger partial charge on any atom is -0.455 e. The monoisotopic (exact) mass is 266 g/mol. The van der Waals surface area contributed by atoms with E-state index in [1.807, 2.05) is 6.92 Å². The largest absolute Gasteiger partial charge is 0.455 e. The Bertz CT molecular complexity index is 570. The van der Waals surface area contributed by atoms with Crippen molar-refractivity contribution in [3.8, 4) is 11.5 Å². The molecule has 0 aliphatic carbocycles. The van der Waals surface area contributed by atoms with Crippen LogP contribution < -0.4 is 4.74 Å². The summed E-state index contributed by atoms with van der Waals surface area (Å²) in [5.74, 6) is 0.495. The molecule has 0 heterocycles. The van der Waals surface area contributed by atoms with Crippen molar-refractivity contribution in [2.45, 2.75) is 13.5 Å². The topological polar surface area (TPSA) is 29.5 Å². The van der Waals surface area contributed by atoms with E-state index in [1.165, 1.54) is 12.1 Å². The minimum absolute atomic E-state index is 0.0843. The minimum atomic E-state index is -0.362. The molecular weight excluding hydrogens is 255 g/mol. The Hall–Kier alpha value is -1.58. The van der Waals surface area contributed by atoms with Gasteiger partial charge < -0.3 is 9.84 Å². The molecule has 0 unspecified atom stereocenters. The van der Waals surface area contributed by atoms with E-state index in [2.05, 4.69) is 0 Å². The summed E-state index contributed by atoms with van der Waals surface area (Å²) < 4.78 is 18.7. The molecular formula is C14H12ClFO2. The van der Waals surface area contributed by atoms with Crippen molar-refractivity contribution in [2.75, 3.05) is 0 Å². The van der Waals surface area contributed by atoms with Crippen LogP contribution in [-0.2, 0) is 6.61 Å². The average Bonchev–Trinajstić information content (AvgIpc) is 2.36. The summed E-state index contributed by atoms with van der Waals surface area (Å²) in [5, 5.41) is 9.35. The second-order valence-corrected chi connectivity index (χ2v) is 4.34. The lowest BCUT2D eigenvalue weighted by Gasteiger charge is -2.10. The van der Waals surface area contributed by atoms with E-state index in [9.17, 15) is 4.39 Å². The number of benzene rings is 2. The van der Waals surface area contributed by atoms with Gasteiger partial charge in [-0.3, -0.25) is 0 Å². The van der Waals surface area contributed by atoms with E-state index < -0.39 is 0 Å². The highest BCUT2D eigenvalue weighted by Gasteiger charge is 2.07. The zero-order valence-corrected chi connectivity index (χ0v) is 10.5. The number of aryl methyl sites for hydroxylation is 1. The van der Waals surface area contributed by atoms with E-state index in [0.717, 1.165) is 5.56 Å². The lowest BCUT2D eigenvalue weighted by atomic mass is 10.2. The van der Waals surface area contributed by atoms with Crippen LogP contribution in [0.4, 0.5) is 4.39 Å². The SMILES string of the molecule is Cc1ccc(F)cc1Oc1ccc(CO)cc1Cl. The maximum atomic E-state index is 13.1. The van der Waals surface area contributed by atoms with Gasteiger partial charge >= 0.3 is 0 Å². The quantitative estimate of drug-likeness (QED) is 0.907. The van der Waals surface area contributed by atoms with E-state index in [0.29, 0.717) is 22.1 Å². The number of aliphatic hydroxyl groups is 1. The van der Waals surface area contributed by atoms with Gasteiger partial charge in [0.05, 0.1) is 11.6 Å². The lowest BCUT2D eigenvalue weighted by molar-refractivity contribution is 0.281.